The van der Waals surface area contributed by atoms with E-state index in [1.165, 1.54) is 5.56 Å². The lowest BCUT2D eigenvalue weighted by Crippen LogP contribution is -2.15. The molecule has 1 rings (SSSR count). The molecule has 0 aliphatic rings. The van der Waals surface area contributed by atoms with Gasteiger partial charge < -0.3 is 14.9 Å². The Hall–Kier alpha value is -1.42. The van der Waals surface area contributed by atoms with Gasteiger partial charge in [0.1, 0.15) is 0 Å². The zero-order chi connectivity index (χ0) is 14.1. The quantitative estimate of drug-likeness (QED) is 0.705. The van der Waals surface area contributed by atoms with Gasteiger partial charge in [0, 0.05) is 7.11 Å². The van der Waals surface area contributed by atoms with Crippen molar-refractivity contribution in [3.63, 3.8) is 0 Å². The van der Waals surface area contributed by atoms with Crippen LogP contribution in [0.3, 0.4) is 0 Å². The third kappa shape index (κ3) is 5.39. The molecule has 0 aliphatic carbocycles. The van der Waals surface area contributed by atoms with Crippen LogP contribution in [0.25, 0.3) is 0 Å². The lowest BCUT2D eigenvalue weighted by atomic mass is 9.96. The van der Waals surface area contributed by atoms with Gasteiger partial charge in [0.2, 0.25) is 0 Å². The minimum Gasteiger partial charge on any atom is -0.392 e. The first kappa shape index (κ1) is 15.6. The third-order valence-electron chi connectivity index (χ3n) is 2.95. The van der Waals surface area contributed by atoms with Gasteiger partial charge in [-0.25, -0.2) is 0 Å². The van der Waals surface area contributed by atoms with Crippen LogP contribution in [0.4, 0.5) is 0 Å². The van der Waals surface area contributed by atoms with E-state index in [1.807, 2.05) is 30.3 Å². The van der Waals surface area contributed by atoms with E-state index >= 15 is 0 Å². The summed E-state index contributed by atoms with van der Waals surface area (Å²) in [7, 11) is 1.58. The highest BCUT2D eigenvalue weighted by atomic mass is 16.5. The first-order valence-corrected chi connectivity index (χ1v) is 6.39. The van der Waals surface area contributed by atoms with Crippen molar-refractivity contribution in [2.75, 3.05) is 20.3 Å². The predicted octanol–water partition coefficient (Wildman–Crippen LogP) is 2.10. The lowest BCUT2D eigenvalue weighted by Gasteiger charge is -2.17. The Kier molecular flexibility index (Phi) is 7.11. The highest BCUT2D eigenvalue weighted by molar-refractivity contribution is 5.32. The highest BCUT2D eigenvalue weighted by Crippen LogP contribution is 2.17. The van der Waals surface area contributed by atoms with E-state index in [0.29, 0.717) is 24.2 Å². The Labute approximate surface area is 114 Å². The number of methoxy groups -OCH3 is 1. The Morgan fingerprint density at radius 2 is 2.05 bits per heavy atom. The van der Waals surface area contributed by atoms with Crippen LogP contribution < -0.4 is 0 Å². The fourth-order valence-corrected chi connectivity index (χ4v) is 1.98. The smallest absolute Gasteiger partial charge is 0.0794 e. The van der Waals surface area contributed by atoms with Crippen LogP contribution in [-0.2, 0) is 11.2 Å². The molecule has 3 heteroatoms. The van der Waals surface area contributed by atoms with Crippen molar-refractivity contribution < 1.29 is 14.9 Å². The van der Waals surface area contributed by atoms with Crippen molar-refractivity contribution in [3.05, 3.63) is 59.7 Å². The molecule has 0 bridgehead atoms. The van der Waals surface area contributed by atoms with Crippen LogP contribution in [0, 0.1) is 0 Å². The summed E-state index contributed by atoms with van der Waals surface area (Å²) in [6, 6.07) is 10.0. The Bertz CT molecular complexity index is 409. The molecule has 1 unspecified atom stereocenters. The Morgan fingerprint density at radius 1 is 1.37 bits per heavy atom. The average Bonchev–Trinajstić information content (AvgIpc) is 2.43. The molecule has 0 fully saturated rings. The lowest BCUT2D eigenvalue weighted by molar-refractivity contribution is 0.189. The minimum absolute atomic E-state index is 0.111. The van der Waals surface area contributed by atoms with E-state index in [4.69, 9.17) is 9.84 Å². The summed E-state index contributed by atoms with van der Waals surface area (Å²) in [6.07, 6.45) is 2.34. The molecule has 0 aromatic heterocycles. The molecule has 0 aliphatic heterocycles. The van der Waals surface area contributed by atoms with Gasteiger partial charge in [-0.15, -0.1) is 0 Å². The summed E-state index contributed by atoms with van der Waals surface area (Å²) in [5, 5.41) is 19.2. The molecule has 1 aromatic carbocycles. The first-order chi connectivity index (χ1) is 9.19. The molecular formula is C16H22O3. The van der Waals surface area contributed by atoms with Crippen LogP contribution in [0.15, 0.2) is 54.1 Å². The number of hydrogen-bond donors (Lipinski definition) is 2. The summed E-state index contributed by atoms with van der Waals surface area (Å²) in [5.41, 5.74) is 2.56. The number of aliphatic hydroxyl groups is 2. The van der Waals surface area contributed by atoms with Gasteiger partial charge >= 0.3 is 0 Å². The molecule has 19 heavy (non-hydrogen) atoms. The second kappa shape index (κ2) is 8.64. The second-order valence-corrected chi connectivity index (χ2v) is 4.42. The van der Waals surface area contributed by atoms with Crippen molar-refractivity contribution >= 4 is 0 Å². The van der Waals surface area contributed by atoms with E-state index < -0.39 is 6.10 Å². The fraction of sp³-hybridized carbons (Fsp3) is 0.375. The van der Waals surface area contributed by atoms with Crippen molar-refractivity contribution in [1.29, 1.82) is 0 Å². The molecule has 0 heterocycles. The van der Waals surface area contributed by atoms with Gasteiger partial charge in [-0.1, -0.05) is 43.0 Å². The van der Waals surface area contributed by atoms with Gasteiger partial charge in [0.05, 0.1) is 19.3 Å². The molecule has 0 saturated heterocycles. The molecule has 0 radical (unpaired) electrons. The summed E-state index contributed by atoms with van der Waals surface area (Å²) in [6.45, 7) is 4.12. The fourth-order valence-electron chi connectivity index (χ4n) is 1.98. The Balaban J connectivity index is 2.60. The molecule has 3 nitrogen and oxygen atoms in total. The zero-order valence-corrected chi connectivity index (χ0v) is 11.4. The number of hydrogen-bond acceptors (Lipinski definition) is 3. The van der Waals surface area contributed by atoms with Gasteiger partial charge in [-0.05, 0) is 29.6 Å². The van der Waals surface area contributed by atoms with Crippen molar-refractivity contribution in [2.45, 2.75) is 18.9 Å². The first-order valence-electron chi connectivity index (χ1n) is 6.39. The maximum absolute atomic E-state index is 10.2. The summed E-state index contributed by atoms with van der Waals surface area (Å²) in [5.74, 6) is 0. The Morgan fingerprint density at radius 3 is 2.63 bits per heavy atom. The van der Waals surface area contributed by atoms with Crippen LogP contribution in [-0.4, -0.2) is 36.6 Å². The largest absolute Gasteiger partial charge is 0.392 e. The van der Waals surface area contributed by atoms with E-state index in [2.05, 4.69) is 6.58 Å². The average molecular weight is 262 g/mol. The monoisotopic (exact) mass is 262 g/mol. The molecule has 1 aromatic rings. The molecule has 1 atom stereocenters. The second-order valence-electron chi connectivity index (χ2n) is 4.42. The van der Waals surface area contributed by atoms with Crippen LogP contribution >= 0.6 is 0 Å². The number of aliphatic hydroxyl groups excluding tert-OH is 2. The zero-order valence-electron chi connectivity index (χ0n) is 11.4. The number of ether oxygens (including phenoxy) is 1. The van der Waals surface area contributed by atoms with E-state index in [9.17, 15) is 5.11 Å². The number of aryl methyl sites for hydroxylation is 1. The minimum atomic E-state index is -0.630. The maximum atomic E-state index is 10.2. The van der Waals surface area contributed by atoms with Gasteiger partial charge in [-0.3, -0.25) is 0 Å². The standard InChI is InChI=1S/C16H22O3/c1-13(12-19-2)15(10-11-17)16(18)9-8-14-6-4-3-5-7-14/h3-7,10,16-18H,1,8-9,11-12H2,2H3/b15-10-. The SMILES string of the molecule is C=C(COC)/C(=C/CO)C(O)CCc1ccccc1. The van der Waals surface area contributed by atoms with Crippen LogP contribution in [0.2, 0.25) is 0 Å². The predicted molar refractivity (Wildman–Crippen MR) is 77.0 cm³/mol. The van der Waals surface area contributed by atoms with Crippen molar-refractivity contribution in [1.82, 2.24) is 0 Å². The molecule has 0 amide bonds. The maximum Gasteiger partial charge on any atom is 0.0794 e. The molecule has 0 spiro atoms. The molecule has 0 saturated carbocycles. The van der Waals surface area contributed by atoms with Crippen molar-refractivity contribution in [2.24, 2.45) is 0 Å². The van der Waals surface area contributed by atoms with Gasteiger partial charge in [0.15, 0.2) is 0 Å². The van der Waals surface area contributed by atoms with E-state index in [1.54, 1.807) is 13.2 Å². The summed E-state index contributed by atoms with van der Waals surface area (Å²) < 4.78 is 5.01. The number of rotatable bonds is 8. The summed E-state index contributed by atoms with van der Waals surface area (Å²) >= 11 is 0. The van der Waals surface area contributed by atoms with Crippen molar-refractivity contribution in [3.8, 4) is 0 Å². The third-order valence-corrected chi connectivity index (χ3v) is 2.95. The van der Waals surface area contributed by atoms with E-state index in [-0.39, 0.29) is 6.61 Å². The van der Waals surface area contributed by atoms with E-state index in [0.717, 1.165) is 6.42 Å². The summed E-state index contributed by atoms with van der Waals surface area (Å²) in [4.78, 5) is 0. The van der Waals surface area contributed by atoms with Crippen LogP contribution in [0.5, 0.6) is 0 Å². The normalized spacial score (nSPS) is 13.3. The van der Waals surface area contributed by atoms with Crippen LogP contribution in [0.1, 0.15) is 12.0 Å². The van der Waals surface area contributed by atoms with Gasteiger partial charge in [0.25, 0.3) is 0 Å². The highest BCUT2D eigenvalue weighted by Gasteiger charge is 2.13. The molecule has 2 N–H and O–H groups in total. The topological polar surface area (TPSA) is 49.7 Å². The number of benzene rings is 1. The molecular weight excluding hydrogens is 240 g/mol. The molecule has 104 valence electrons. The van der Waals surface area contributed by atoms with Gasteiger partial charge in [-0.2, -0.15) is 0 Å².